The molecule has 0 saturated heterocycles. The lowest BCUT2D eigenvalue weighted by molar-refractivity contribution is -0.136. The van der Waals surface area contributed by atoms with E-state index in [0.717, 1.165) is 21.6 Å². The van der Waals surface area contributed by atoms with Crippen LogP contribution in [0.25, 0.3) is 0 Å². The van der Waals surface area contributed by atoms with Crippen molar-refractivity contribution in [3.63, 3.8) is 0 Å². The van der Waals surface area contributed by atoms with E-state index in [1.165, 1.54) is 31.0 Å². The molecule has 3 rings (SSSR count). The molecule has 0 unspecified atom stereocenters. The molecule has 5 nitrogen and oxygen atoms in total. The number of amides is 2. The molecule has 0 saturated carbocycles. The predicted octanol–water partition coefficient (Wildman–Crippen LogP) is 4.02. The maximum absolute atomic E-state index is 13.1. The van der Waals surface area contributed by atoms with Gasteiger partial charge in [-0.25, -0.2) is 14.0 Å². The van der Waals surface area contributed by atoms with Crippen LogP contribution < -0.4 is 10.6 Å². The number of carbonyl (C=O) groups is 2. The van der Waals surface area contributed by atoms with Crippen molar-refractivity contribution in [3.8, 4) is 0 Å². The van der Waals surface area contributed by atoms with Crippen LogP contribution in [0.5, 0.6) is 0 Å². The Labute approximate surface area is 167 Å². The summed E-state index contributed by atoms with van der Waals surface area (Å²) in [6, 6.07) is 10.9. The van der Waals surface area contributed by atoms with E-state index in [4.69, 9.17) is 4.74 Å². The normalized spacial score (nSPS) is 16.4. The largest absolute Gasteiger partial charge is 0.466 e. The molecule has 1 heterocycles. The maximum Gasteiger partial charge on any atom is 0.338 e. The van der Waals surface area contributed by atoms with Crippen LogP contribution in [0.3, 0.4) is 0 Å². The fraction of sp³-hybridized carbons (Fsp3) is 0.238. The summed E-state index contributed by atoms with van der Waals surface area (Å²) in [7, 11) is 1.32. The highest BCUT2D eigenvalue weighted by Crippen LogP contribution is 2.32. The van der Waals surface area contributed by atoms with Gasteiger partial charge in [0.15, 0.2) is 0 Å². The summed E-state index contributed by atoms with van der Waals surface area (Å²) in [5, 5.41) is 5.55. The smallest absolute Gasteiger partial charge is 0.338 e. The third-order valence-electron chi connectivity index (χ3n) is 4.49. The number of benzene rings is 2. The first-order valence-electron chi connectivity index (χ1n) is 8.73. The molecule has 0 aromatic heterocycles. The number of aryl methyl sites for hydroxylation is 2. The lowest BCUT2D eigenvalue weighted by atomic mass is 9.91. The zero-order valence-corrected chi connectivity index (χ0v) is 16.7. The van der Waals surface area contributed by atoms with Gasteiger partial charge in [-0.15, -0.1) is 11.8 Å². The van der Waals surface area contributed by atoms with Crippen molar-refractivity contribution in [2.24, 2.45) is 0 Å². The zero-order valence-electron chi connectivity index (χ0n) is 15.8. The molecule has 2 aromatic carbocycles. The van der Waals surface area contributed by atoms with Gasteiger partial charge in [-0.3, -0.25) is 0 Å². The highest BCUT2D eigenvalue weighted by atomic mass is 32.2. The molecule has 0 fully saturated rings. The minimum atomic E-state index is -0.606. The number of nitrogens with one attached hydrogen (secondary N) is 2. The van der Waals surface area contributed by atoms with Crippen LogP contribution in [-0.2, 0) is 9.53 Å². The Morgan fingerprint density at radius 3 is 2.54 bits per heavy atom. The number of carbonyl (C=O) groups excluding carboxylic acids is 2. The van der Waals surface area contributed by atoms with E-state index < -0.39 is 12.0 Å². The summed E-state index contributed by atoms with van der Waals surface area (Å²) in [5.41, 5.74) is 3.75. The van der Waals surface area contributed by atoms with Gasteiger partial charge in [-0.2, -0.15) is 0 Å². The van der Waals surface area contributed by atoms with Crippen molar-refractivity contribution in [1.29, 1.82) is 0 Å². The van der Waals surface area contributed by atoms with E-state index in [1.54, 1.807) is 12.1 Å². The average Bonchev–Trinajstić information content (AvgIpc) is 2.66. The fourth-order valence-electron chi connectivity index (χ4n) is 3.15. The second-order valence-electron chi connectivity index (χ2n) is 6.52. The Morgan fingerprint density at radius 1 is 1.18 bits per heavy atom. The molecule has 2 amide bonds. The topological polar surface area (TPSA) is 67.4 Å². The highest BCUT2D eigenvalue weighted by Gasteiger charge is 2.34. The molecule has 146 valence electrons. The van der Waals surface area contributed by atoms with E-state index in [9.17, 15) is 14.0 Å². The first kappa shape index (κ1) is 19.9. The summed E-state index contributed by atoms with van der Waals surface area (Å²) < 4.78 is 18.1. The van der Waals surface area contributed by atoms with Crippen LogP contribution >= 0.6 is 11.8 Å². The van der Waals surface area contributed by atoms with Gasteiger partial charge in [-0.1, -0.05) is 23.8 Å². The van der Waals surface area contributed by atoms with Crippen molar-refractivity contribution >= 4 is 23.8 Å². The number of hydrogen-bond donors (Lipinski definition) is 2. The summed E-state index contributed by atoms with van der Waals surface area (Å²) in [5.74, 6) is -0.485. The number of halogens is 1. The van der Waals surface area contributed by atoms with Crippen molar-refractivity contribution in [2.45, 2.75) is 24.8 Å². The second kappa shape index (κ2) is 8.48. The molecule has 7 heteroatoms. The van der Waals surface area contributed by atoms with Gasteiger partial charge < -0.3 is 15.4 Å². The zero-order chi connectivity index (χ0) is 20.3. The summed E-state index contributed by atoms with van der Waals surface area (Å²) in [6.07, 6.45) is 0. The van der Waals surface area contributed by atoms with Crippen LogP contribution in [0.4, 0.5) is 9.18 Å². The molecule has 0 aliphatic carbocycles. The maximum atomic E-state index is 13.1. The third-order valence-corrected chi connectivity index (χ3v) is 5.53. The minimum Gasteiger partial charge on any atom is -0.466 e. The van der Waals surface area contributed by atoms with Gasteiger partial charge in [-0.05, 0) is 49.2 Å². The van der Waals surface area contributed by atoms with Gasteiger partial charge in [0.2, 0.25) is 0 Å². The van der Waals surface area contributed by atoms with E-state index in [2.05, 4.69) is 10.6 Å². The quantitative estimate of drug-likeness (QED) is 0.588. The van der Waals surface area contributed by atoms with Crippen LogP contribution in [-0.4, -0.2) is 24.9 Å². The number of esters is 1. The fourth-order valence-corrected chi connectivity index (χ4v) is 4.02. The monoisotopic (exact) mass is 400 g/mol. The van der Waals surface area contributed by atoms with Gasteiger partial charge in [0.25, 0.3) is 0 Å². The molecule has 0 radical (unpaired) electrons. The third kappa shape index (κ3) is 4.36. The number of urea groups is 1. The Hall–Kier alpha value is -2.80. The van der Waals surface area contributed by atoms with Gasteiger partial charge >= 0.3 is 12.0 Å². The standard InChI is InChI=1S/C21H21FN2O3S/c1-12-4-9-16(13(2)10-12)19-18(20(25)27-3)17(23-21(26)24-19)11-28-15-7-5-14(22)6-8-15/h4-10,19H,11H2,1-3H3,(H2,23,24,26)/t19-/m0/s1. The van der Waals surface area contributed by atoms with Crippen molar-refractivity contribution < 1.29 is 18.7 Å². The molecule has 1 aliphatic rings. The molecule has 2 N–H and O–H groups in total. The van der Waals surface area contributed by atoms with Gasteiger partial charge in [0, 0.05) is 16.3 Å². The van der Waals surface area contributed by atoms with Gasteiger partial charge in [0.1, 0.15) is 5.82 Å². The number of methoxy groups -OCH3 is 1. The second-order valence-corrected chi connectivity index (χ2v) is 7.57. The number of thioether (sulfide) groups is 1. The summed E-state index contributed by atoms with van der Waals surface area (Å²) >= 11 is 1.40. The highest BCUT2D eigenvalue weighted by molar-refractivity contribution is 7.99. The molecule has 0 bridgehead atoms. The van der Waals surface area contributed by atoms with Crippen molar-refractivity contribution in [3.05, 3.63) is 76.2 Å². The van der Waals surface area contributed by atoms with Crippen LogP contribution in [0.1, 0.15) is 22.7 Å². The Kier molecular flexibility index (Phi) is 6.04. The summed E-state index contributed by atoms with van der Waals surface area (Å²) in [4.78, 5) is 25.7. The number of ether oxygens (including phenoxy) is 1. The average molecular weight is 400 g/mol. The van der Waals surface area contributed by atoms with E-state index in [-0.39, 0.29) is 11.8 Å². The van der Waals surface area contributed by atoms with E-state index in [1.807, 2.05) is 32.0 Å². The molecule has 2 aromatic rings. The van der Waals surface area contributed by atoms with Crippen molar-refractivity contribution in [2.75, 3.05) is 12.9 Å². The molecular weight excluding hydrogens is 379 g/mol. The molecular formula is C21H21FN2O3S. The lowest BCUT2D eigenvalue weighted by Crippen LogP contribution is -2.46. The number of hydrogen-bond acceptors (Lipinski definition) is 4. The van der Waals surface area contributed by atoms with Crippen molar-refractivity contribution in [1.82, 2.24) is 10.6 Å². The lowest BCUT2D eigenvalue weighted by Gasteiger charge is -2.30. The van der Waals surface area contributed by atoms with E-state index in [0.29, 0.717) is 17.0 Å². The number of rotatable bonds is 5. The first-order chi connectivity index (χ1) is 13.4. The molecule has 1 aliphatic heterocycles. The Balaban J connectivity index is 1.98. The van der Waals surface area contributed by atoms with Crippen LogP contribution in [0, 0.1) is 19.7 Å². The minimum absolute atomic E-state index is 0.316. The molecule has 28 heavy (non-hydrogen) atoms. The Morgan fingerprint density at radius 2 is 1.89 bits per heavy atom. The van der Waals surface area contributed by atoms with Crippen LogP contribution in [0.15, 0.2) is 58.6 Å². The predicted molar refractivity (Wildman–Crippen MR) is 106 cm³/mol. The Bertz CT molecular complexity index is 941. The molecule has 1 atom stereocenters. The first-order valence-corrected chi connectivity index (χ1v) is 9.72. The SMILES string of the molecule is COC(=O)C1=C(CSc2ccc(F)cc2)NC(=O)N[C@H]1c1ccc(C)cc1C. The van der Waals surface area contributed by atoms with Crippen LogP contribution in [0.2, 0.25) is 0 Å². The van der Waals surface area contributed by atoms with E-state index >= 15 is 0 Å². The van der Waals surface area contributed by atoms with Gasteiger partial charge in [0.05, 0.1) is 18.7 Å². The summed E-state index contributed by atoms with van der Waals surface area (Å²) in [6.45, 7) is 3.93. The molecule has 0 spiro atoms.